The molecule has 0 radical (unpaired) electrons. The average Bonchev–Trinajstić information content (AvgIpc) is 2.02. The zero-order valence-corrected chi connectivity index (χ0v) is 13.1. The summed E-state index contributed by atoms with van der Waals surface area (Å²) in [7, 11) is -5.48. The van der Waals surface area contributed by atoms with Crippen LogP contribution in [-0.2, 0) is 10.1 Å². The first-order chi connectivity index (χ1) is 6.31. The van der Waals surface area contributed by atoms with Crippen LogP contribution >= 0.6 is 0 Å². The van der Waals surface area contributed by atoms with Gasteiger partial charge in [-0.25, -0.2) is 8.42 Å². The van der Waals surface area contributed by atoms with E-state index in [1.54, 1.807) is 0 Å². The van der Waals surface area contributed by atoms with Gasteiger partial charge in [-0.15, -0.1) is 0 Å². The van der Waals surface area contributed by atoms with Gasteiger partial charge in [0.25, 0.3) is 0 Å². The molecular formula is C8H15F2KO3S. The second-order valence-corrected chi connectivity index (χ2v) is 4.76. The molecule has 0 aromatic heterocycles. The van der Waals surface area contributed by atoms with Crippen LogP contribution in [0.25, 0.3) is 0 Å². The Labute approximate surface area is 132 Å². The van der Waals surface area contributed by atoms with Crippen molar-refractivity contribution in [3.63, 3.8) is 0 Å². The number of hydrogen-bond donors (Lipinski definition) is 0. The zero-order chi connectivity index (χ0) is 11.2. The van der Waals surface area contributed by atoms with Crippen LogP contribution in [0.5, 0.6) is 0 Å². The van der Waals surface area contributed by atoms with Crippen molar-refractivity contribution < 1.29 is 73.1 Å². The average molecular weight is 268 g/mol. The topological polar surface area (TPSA) is 57.2 Å². The summed E-state index contributed by atoms with van der Waals surface area (Å²) in [5.41, 5.74) is 0. The van der Waals surface area contributed by atoms with Gasteiger partial charge in [0, 0.05) is 6.42 Å². The Balaban J connectivity index is 0. The molecule has 0 spiro atoms. The summed E-state index contributed by atoms with van der Waals surface area (Å²) < 4.78 is 55.3. The zero-order valence-electron chi connectivity index (χ0n) is 9.13. The van der Waals surface area contributed by atoms with Gasteiger partial charge in [-0.3, -0.25) is 0 Å². The van der Waals surface area contributed by atoms with Gasteiger partial charge in [0.15, 0.2) is 10.1 Å². The SMILES string of the molecule is CCCCCCCC(F)(F)S(=O)(=O)[O-].[K+]. The number of rotatable bonds is 7. The molecule has 0 saturated carbocycles. The summed E-state index contributed by atoms with van der Waals surface area (Å²) >= 11 is 0. The van der Waals surface area contributed by atoms with E-state index in [1.165, 1.54) is 0 Å². The predicted octanol–water partition coefficient (Wildman–Crippen LogP) is -0.511. The minimum atomic E-state index is -5.48. The molecule has 3 nitrogen and oxygen atoms in total. The Morgan fingerprint density at radius 3 is 2.00 bits per heavy atom. The van der Waals surface area contributed by atoms with Crippen molar-refractivity contribution in [3.05, 3.63) is 0 Å². The maximum Gasteiger partial charge on any atom is 1.00 e. The van der Waals surface area contributed by atoms with E-state index in [2.05, 4.69) is 0 Å². The number of unbranched alkanes of at least 4 members (excludes halogenated alkanes) is 4. The number of halogens is 2. The van der Waals surface area contributed by atoms with E-state index in [-0.39, 0.29) is 57.8 Å². The monoisotopic (exact) mass is 268 g/mol. The minimum Gasteiger partial charge on any atom is -0.743 e. The largest absolute Gasteiger partial charge is 1.00 e. The van der Waals surface area contributed by atoms with Crippen molar-refractivity contribution >= 4 is 10.1 Å². The first-order valence-corrected chi connectivity index (χ1v) is 6.05. The Morgan fingerprint density at radius 1 is 1.13 bits per heavy atom. The second-order valence-electron chi connectivity index (χ2n) is 3.26. The summed E-state index contributed by atoms with van der Waals surface area (Å²) in [5.74, 6) is 0. The smallest absolute Gasteiger partial charge is 0.743 e. The number of hydrogen-bond acceptors (Lipinski definition) is 3. The van der Waals surface area contributed by atoms with E-state index in [0.717, 1.165) is 19.3 Å². The van der Waals surface area contributed by atoms with Crippen molar-refractivity contribution in [1.29, 1.82) is 0 Å². The van der Waals surface area contributed by atoms with Crippen molar-refractivity contribution in [2.24, 2.45) is 0 Å². The summed E-state index contributed by atoms with van der Waals surface area (Å²) in [6.45, 7) is 1.98. The Hall–Kier alpha value is 1.41. The summed E-state index contributed by atoms with van der Waals surface area (Å²) in [5, 5.41) is -4.10. The molecule has 0 bridgehead atoms. The van der Waals surface area contributed by atoms with Gasteiger partial charge in [0.2, 0.25) is 0 Å². The Kier molecular flexibility index (Phi) is 10.6. The van der Waals surface area contributed by atoms with E-state index >= 15 is 0 Å². The van der Waals surface area contributed by atoms with Crippen molar-refractivity contribution in [3.8, 4) is 0 Å². The Bertz CT molecular complexity index is 255. The molecule has 0 aromatic rings. The van der Waals surface area contributed by atoms with Crippen LogP contribution in [0, 0.1) is 0 Å². The molecule has 0 aliphatic carbocycles. The third-order valence-corrected chi connectivity index (χ3v) is 2.87. The molecule has 86 valence electrons. The van der Waals surface area contributed by atoms with E-state index < -0.39 is 21.8 Å². The molecule has 0 rings (SSSR count). The quantitative estimate of drug-likeness (QED) is 0.355. The molecule has 0 fully saturated rings. The molecule has 0 amide bonds. The molecule has 0 aliphatic rings. The van der Waals surface area contributed by atoms with Crippen LogP contribution in [0.1, 0.15) is 45.4 Å². The summed E-state index contributed by atoms with van der Waals surface area (Å²) in [6, 6.07) is 0. The standard InChI is InChI=1S/C8H16F2O3S.K/c1-2-3-4-5-6-7-8(9,10)14(11,12)13;/h2-7H2,1H3,(H,11,12,13);/q;+1/p-1. The van der Waals surface area contributed by atoms with Crippen LogP contribution in [0.3, 0.4) is 0 Å². The molecule has 0 heterocycles. The van der Waals surface area contributed by atoms with Crippen LogP contribution in [0.4, 0.5) is 8.78 Å². The van der Waals surface area contributed by atoms with Crippen molar-refractivity contribution in [1.82, 2.24) is 0 Å². The fraction of sp³-hybridized carbons (Fsp3) is 1.00. The third-order valence-electron chi connectivity index (χ3n) is 1.94. The van der Waals surface area contributed by atoms with Gasteiger partial charge in [-0.2, -0.15) is 8.78 Å². The van der Waals surface area contributed by atoms with Crippen LogP contribution < -0.4 is 51.4 Å². The normalized spacial score (nSPS) is 12.3. The maximum absolute atomic E-state index is 12.5. The van der Waals surface area contributed by atoms with E-state index in [4.69, 9.17) is 0 Å². The van der Waals surface area contributed by atoms with Gasteiger partial charge in [-0.1, -0.05) is 32.6 Å². The maximum atomic E-state index is 12.5. The molecule has 0 N–H and O–H groups in total. The van der Waals surface area contributed by atoms with Gasteiger partial charge in [0.1, 0.15) is 0 Å². The van der Waals surface area contributed by atoms with Crippen molar-refractivity contribution in [2.75, 3.05) is 0 Å². The molecule has 7 heteroatoms. The minimum absolute atomic E-state index is 0. The molecule has 0 unspecified atom stereocenters. The van der Waals surface area contributed by atoms with Crippen LogP contribution in [-0.4, -0.2) is 18.2 Å². The van der Waals surface area contributed by atoms with Gasteiger partial charge < -0.3 is 4.55 Å². The molecular weight excluding hydrogens is 253 g/mol. The van der Waals surface area contributed by atoms with E-state index in [1.807, 2.05) is 6.92 Å². The Morgan fingerprint density at radius 2 is 1.60 bits per heavy atom. The molecule has 0 aromatic carbocycles. The van der Waals surface area contributed by atoms with Crippen LogP contribution in [0.2, 0.25) is 0 Å². The third kappa shape index (κ3) is 8.17. The van der Waals surface area contributed by atoms with Gasteiger partial charge in [0.05, 0.1) is 0 Å². The van der Waals surface area contributed by atoms with E-state index in [9.17, 15) is 21.8 Å². The van der Waals surface area contributed by atoms with Gasteiger partial charge in [-0.05, 0) is 6.42 Å². The van der Waals surface area contributed by atoms with Crippen LogP contribution in [0.15, 0.2) is 0 Å². The number of alkyl halides is 2. The molecule has 0 aliphatic heterocycles. The first kappa shape index (κ1) is 18.8. The fourth-order valence-electron chi connectivity index (χ4n) is 1.06. The van der Waals surface area contributed by atoms with E-state index in [0.29, 0.717) is 6.42 Å². The molecule has 0 atom stereocenters. The second kappa shape index (κ2) is 8.49. The van der Waals surface area contributed by atoms with Crippen molar-refractivity contribution in [2.45, 2.75) is 50.7 Å². The summed E-state index contributed by atoms with van der Waals surface area (Å²) in [4.78, 5) is 0. The summed E-state index contributed by atoms with van der Waals surface area (Å²) in [6.07, 6.45) is 2.48. The van der Waals surface area contributed by atoms with Gasteiger partial charge >= 0.3 is 56.6 Å². The first-order valence-electron chi connectivity index (χ1n) is 4.64. The molecule has 0 saturated heterocycles. The fourth-order valence-corrected chi connectivity index (χ4v) is 1.45. The predicted molar refractivity (Wildman–Crippen MR) is 48.0 cm³/mol. The molecule has 15 heavy (non-hydrogen) atoms.